The number of piperazine rings is 1. The van der Waals surface area contributed by atoms with Crippen LogP contribution >= 0.6 is 22.9 Å². The molecule has 0 bridgehead atoms. The number of nitrogens with one attached hydrogen (secondary N) is 1. The van der Waals surface area contributed by atoms with Crippen LogP contribution in [0.15, 0.2) is 70.3 Å². The summed E-state index contributed by atoms with van der Waals surface area (Å²) in [7, 11) is 2.65. The fraction of sp³-hybridized carbons (Fsp3) is 0.323. The molecule has 3 aliphatic heterocycles. The van der Waals surface area contributed by atoms with Crippen LogP contribution in [0.25, 0.3) is 0 Å². The highest BCUT2D eigenvalue weighted by atomic mass is 35.5. The second-order valence-electron chi connectivity index (χ2n) is 10.8. The zero-order valence-corrected chi connectivity index (χ0v) is 26.1. The summed E-state index contributed by atoms with van der Waals surface area (Å²) in [5.41, 5.74) is 2.86. The van der Waals surface area contributed by atoms with E-state index in [-0.39, 0.29) is 35.1 Å². The number of amidine groups is 1. The number of carbonyl (C=O) groups is 3. The minimum absolute atomic E-state index is 0.0742. The van der Waals surface area contributed by atoms with Gasteiger partial charge in [-0.3, -0.25) is 19.6 Å². The van der Waals surface area contributed by atoms with Crippen LogP contribution in [0.5, 0.6) is 0 Å². The largest absolute Gasteiger partial charge is 0.469 e. The van der Waals surface area contributed by atoms with Crippen molar-refractivity contribution in [2.24, 2.45) is 4.99 Å². The number of thiazole rings is 1. The third-order valence-corrected chi connectivity index (χ3v) is 9.17. The van der Waals surface area contributed by atoms with Crippen LogP contribution in [-0.4, -0.2) is 91.6 Å². The van der Waals surface area contributed by atoms with Gasteiger partial charge in [0.15, 0.2) is 10.8 Å². The lowest BCUT2D eigenvalue weighted by Crippen LogP contribution is -2.53. The van der Waals surface area contributed by atoms with Gasteiger partial charge >= 0.3 is 18.0 Å². The quantitative estimate of drug-likeness (QED) is 0.366. The Labute approximate surface area is 267 Å². The van der Waals surface area contributed by atoms with Gasteiger partial charge in [-0.25, -0.2) is 19.0 Å². The second kappa shape index (κ2) is 13.0. The minimum atomic E-state index is -0.854. The van der Waals surface area contributed by atoms with E-state index in [2.05, 4.69) is 15.2 Å². The summed E-state index contributed by atoms with van der Waals surface area (Å²) < 4.78 is 23.9. The Bertz CT molecular complexity index is 1680. The molecular formula is C31H30ClFN6O5S. The summed E-state index contributed by atoms with van der Waals surface area (Å²) in [6.45, 7) is 2.46. The van der Waals surface area contributed by atoms with E-state index in [1.807, 2.05) is 34.5 Å². The van der Waals surface area contributed by atoms with Gasteiger partial charge < -0.3 is 19.7 Å². The summed E-state index contributed by atoms with van der Waals surface area (Å²) in [6.07, 6.45) is 1.83. The maximum atomic E-state index is 14.0. The predicted molar refractivity (Wildman–Crippen MR) is 167 cm³/mol. The Kier molecular flexibility index (Phi) is 8.83. The van der Waals surface area contributed by atoms with E-state index in [0.29, 0.717) is 54.8 Å². The van der Waals surface area contributed by atoms with Crippen molar-refractivity contribution < 1.29 is 28.2 Å². The van der Waals surface area contributed by atoms with Crippen molar-refractivity contribution in [3.63, 3.8) is 0 Å². The van der Waals surface area contributed by atoms with Crippen LogP contribution < -0.4 is 10.2 Å². The predicted octanol–water partition coefficient (Wildman–Crippen LogP) is 3.80. The highest BCUT2D eigenvalue weighted by molar-refractivity contribution is 7.11. The number of halogens is 2. The lowest BCUT2D eigenvalue weighted by atomic mass is 9.95. The van der Waals surface area contributed by atoms with Crippen LogP contribution in [0.1, 0.15) is 22.2 Å². The van der Waals surface area contributed by atoms with Crippen LogP contribution in [0, 0.1) is 5.82 Å². The van der Waals surface area contributed by atoms with Gasteiger partial charge in [0.1, 0.15) is 11.9 Å². The zero-order chi connectivity index (χ0) is 31.7. The molecule has 234 valence electrons. The van der Waals surface area contributed by atoms with Gasteiger partial charge in [0.25, 0.3) is 0 Å². The van der Waals surface area contributed by atoms with Crippen LogP contribution in [0.4, 0.5) is 14.9 Å². The van der Waals surface area contributed by atoms with Crippen molar-refractivity contribution in [1.82, 2.24) is 20.1 Å². The number of fused-ring (bicyclic) bond motifs is 1. The minimum Gasteiger partial charge on any atom is -0.469 e. The van der Waals surface area contributed by atoms with Crippen molar-refractivity contribution in [1.29, 1.82) is 0 Å². The van der Waals surface area contributed by atoms with Gasteiger partial charge in [0, 0.05) is 66.3 Å². The molecule has 3 aromatic rings. The first-order valence-electron chi connectivity index (χ1n) is 14.2. The molecule has 3 aliphatic rings. The number of benzene rings is 2. The third-order valence-electron chi connectivity index (χ3n) is 8.07. The molecule has 1 N–H and O–H groups in total. The van der Waals surface area contributed by atoms with Crippen molar-refractivity contribution in [3.8, 4) is 0 Å². The highest BCUT2D eigenvalue weighted by Crippen LogP contribution is 2.37. The van der Waals surface area contributed by atoms with Crippen LogP contribution in [-0.2, 0) is 25.5 Å². The first kappa shape index (κ1) is 30.7. The number of esters is 2. The van der Waals surface area contributed by atoms with Gasteiger partial charge in [-0.1, -0.05) is 29.8 Å². The van der Waals surface area contributed by atoms with Gasteiger partial charge in [-0.15, -0.1) is 11.3 Å². The van der Waals surface area contributed by atoms with Crippen LogP contribution in [0.2, 0.25) is 5.02 Å². The van der Waals surface area contributed by atoms with Gasteiger partial charge in [-0.05, 0) is 29.8 Å². The smallest absolute Gasteiger partial charge is 0.338 e. The number of methoxy groups -OCH3 is 2. The molecular weight excluding hydrogens is 623 g/mol. The molecule has 14 heteroatoms. The fourth-order valence-corrected chi connectivity index (χ4v) is 6.71. The number of amides is 2. The fourth-order valence-electron chi connectivity index (χ4n) is 5.86. The molecule has 0 radical (unpaired) electrons. The average Bonchev–Trinajstić information content (AvgIpc) is 3.69. The van der Waals surface area contributed by atoms with Crippen molar-refractivity contribution >= 4 is 52.4 Å². The summed E-state index contributed by atoms with van der Waals surface area (Å²) in [5, 5.41) is 5.91. The van der Waals surface area contributed by atoms with E-state index in [1.165, 1.54) is 43.8 Å². The molecule has 0 unspecified atom stereocenters. The molecule has 1 aromatic heterocycles. The molecule has 2 aromatic carbocycles. The number of urea groups is 1. The normalized spacial score (nSPS) is 20.1. The van der Waals surface area contributed by atoms with E-state index in [9.17, 15) is 18.8 Å². The van der Waals surface area contributed by atoms with Crippen molar-refractivity contribution in [2.45, 2.75) is 18.5 Å². The highest BCUT2D eigenvalue weighted by Gasteiger charge is 2.42. The molecule has 6 rings (SSSR count). The number of hydrogen-bond acceptors (Lipinski definition) is 10. The molecule has 2 atom stereocenters. The number of hydrogen-bond donors (Lipinski definition) is 1. The average molecular weight is 653 g/mol. The lowest BCUT2D eigenvalue weighted by molar-refractivity contribution is -0.140. The standard InChI is InChI=1S/C31H30ClFN6O5S/c1-43-25(40)13-18-3-6-20(7-4-18)39-16-21-15-37(10-11-38(21)31(39)42)17-24-26(30(41)44-2)27(22-8-5-19(33)14-23(22)32)36-28(35-24)29-34-9-12-45-29/h3-9,12,14,21,27H,10-11,13,15-17H2,1-2H3,(H,35,36)/t21-,27-/m0/s1. The monoisotopic (exact) mass is 652 g/mol. The Morgan fingerprint density at radius 2 is 1.91 bits per heavy atom. The van der Waals surface area contributed by atoms with E-state index >= 15 is 0 Å². The van der Waals surface area contributed by atoms with Gasteiger partial charge in [0.2, 0.25) is 0 Å². The Morgan fingerprint density at radius 1 is 1.11 bits per heavy atom. The molecule has 11 nitrogen and oxygen atoms in total. The zero-order valence-electron chi connectivity index (χ0n) is 24.5. The van der Waals surface area contributed by atoms with E-state index in [4.69, 9.17) is 26.1 Å². The molecule has 45 heavy (non-hydrogen) atoms. The number of aliphatic imine (C=N–C) groups is 1. The summed E-state index contributed by atoms with van der Waals surface area (Å²) in [5.74, 6) is -0.941. The molecule has 0 aliphatic carbocycles. The maximum absolute atomic E-state index is 14.0. The van der Waals surface area contributed by atoms with Gasteiger partial charge in [-0.2, -0.15) is 0 Å². The molecule has 2 fully saturated rings. The van der Waals surface area contributed by atoms with E-state index < -0.39 is 17.8 Å². The second-order valence-corrected chi connectivity index (χ2v) is 12.1. The molecule has 2 saturated heterocycles. The SMILES string of the molecule is COC(=O)Cc1ccc(N2C[C@@H]3CN(CC4=C(C(=O)OC)[C@H](c5ccc(F)cc5Cl)N=C(c5nccs5)N4)CCN3C2=O)cc1. The Morgan fingerprint density at radius 3 is 2.60 bits per heavy atom. The summed E-state index contributed by atoms with van der Waals surface area (Å²) in [4.78, 5) is 53.3. The molecule has 0 spiro atoms. The van der Waals surface area contributed by atoms with Gasteiger partial charge in [0.05, 0.1) is 32.3 Å². The third kappa shape index (κ3) is 6.28. The molecule has 4 heterocycles. The Balaban J connectivity index is 1.25. The number of rotatable bonds is 8. The Hall–Kier alpha value is -4.33. The number of anilines is 1. The number of ether oxygens (including phenoxy) is 2. The van der Waals surface area contributed by atoms with Crippen molar-refractivity contribution in [2.75, 3.05) is 51.8 Å². The lowest BCUT2D eigenvalue weighted by Gasteiger charge is -2.38. The first-order chi connectivity index (χ1) is 21.7. The first-order valence-corrected chi connectivity index (χ1v) is 15.5. The number of carbonyl (C=O) groups excluding carboxylic acids is 3. The van der Waals surface area contributed by atoms with E-state index in [1.54, 1.807) is 11.1 Å². The number of nitrogens with zero attached hydrogens (tertiary/aromatic N) is 5. The topological polar surface area (TPSA) is 117 Å². The van der Waals surface area contributed by atoms with Crippen molar-refractivity contribution in [3.05, 3.63) is 92.3 Å². The number of aromatic nitrogens is 1. The van der Waals surface area contributed by atoms with Crippen LogP contribution in [0.3, 0.4) is 0 Å². The summed E-state index contributed by atoms with van der Waals surface area (Å²) >= 11 is 7.86. The maximum Gasteiger partial charge on any atom is 0.338 e. The summed E-state index contributed by atoms with van der Waals surface area (Å²) in [6, 6.07) is 10.3. The van der Waals surface area contributed by atoms with E-state index in [0.717, 1.165) is 11.3 Å². The molecule has 0 saturated carbocycles. The molecule has 2 amide bonds.